The number of hydroxylamine groups is 1. The molecule has 2 N–H and O–H groups in total. The molecule has 1 spiro atoms. The smallest absolute Gasteiger partial charge is 0.416 e. The Morgan fingerprint density at radius 3 is 2.45 bits per heavy atom. The summed E-state index contributed by atoms with van der Waals surface area (Å²) in [5, 5.41) is 3.84. The van der Waals surface area contributed by atoms with Crippen LogP contribution in [0.15, 0.2) is 54.6 Å². The number of nitrogens with zero attached hydrogens (tertiary/aromatic N) is 1. The Balaban J connectivity index is 1.39. The Labute approximate surface area is 183 Å². The van der Waals surface area contributed by atoms with E-state index < -0.39 is 17.3 Å². The fourth-order valence-corrected chi connectivity index (χ4v) is 4.03. The van der Waals surface area contributed by atoms with Crippen LogP contribution in [0.4, 0.5) is 18.9 Å². The fourth-order valence-electron chi connectivity index (χ4n) is 3.74. The molecule has 1 saturated heterocycles. The maximum atomic E-state index is 12.8. The van der Waals surface area contributed by atoms with E-state index in [1.165, 1.54) is 12.1 Å². The molecule has 0 radical (unpaired) electrons. The molecule has 2 aromatic carbocycles. The molecule has 31 heavy (non-hydrogen) atoms. The van der Waals surface area contributed by atoms with Gasteiger partial charge in [0.15, 0.2) is 5.11 Å². The molecule has 2 aliphatic rings. The van der Waals surface area contributed by atoms with Crippen LogP contribution in [0.2, 0.25) is 0 Å². The number of piperidine rings is 1. The predicted octanol–water partition coefficient (Wildman–Crippen LogP) is 4.82. The zero-order chi connectivity index (χ0) is 22.1. The summed E-state index contributed by atoms with van der Waals surface area (Å²) < 4.78 is 43.7. The second-order valence-corrected chi connectivity index (χ2v) is 7.91. The van der Waals surface area contributed by atoms with Gasteiger partial charge in [-0.25, -0.2) is 0 Å². The fraction of sp³-hybridized carbons (Fsp3) is 0.318. The van der Waals surface area contributed by atoms with Crippen LogP contribution in [0.5, 0.6) is 5.75 Å². The van der Waals surface area contributed by atoms with Crippen LogP contribution in [0.3, 0.4) is 0 Å². The van der Waals surface area contributed by atoms with E-state index in [1.807, 2.05) is 30.3 Å². The first-order valence-electron chi connectivity index (χ1n) is 9.83. The minimum absolute atomic E-state index is 0.505. The van der Waals surface area contributed by atoms with Gasteiger partial charge in [-0.3, -0.25) is 10.3 Å². The van der Waals surface area contributed by atoms with Gasteiger partial charge in [0, 0.05) is 25.9 Å². The maximum Gasteiger partial charge on any atom is 0.416 e. The second kappa shape index (κ2) is 8.39. The first-order chi connectivity index (χ1) is 14.8. The normalized spacial score (nSPS) is 17.8. The lowest BCUT2D eigenvalue weighted by atomic mass is 9.90. The molecule has 2 heterocycles. The maximum absolute atomic E-state index is 12.8. The molecule has 0 unspecified atom stereocenters. The minimum Gasteiger partial charge on any atom is -0.495 e. The first kappa shape index (κ1) is 21.5. The summed E-state index contributed by atoms with van der Waals surface area (Å²) in [6, 6.07) is 12.6. The van der Waals surface area contributed by atoms with Crippen molar-refractivity contribution in [3.8, 4) is 5.75 Å². The summed E-state index contributed by atoms with van der Waals surface area (Å²) in [4.78, 5) is 7.92. The topological polar surface area (TPSA) is 45.8 Å². The largest absolute Gasteiger partial charge is 0.495 e. The van der Waals surface area contributed by atoms with Crippen LogP contribution in [0.1, 0.15) is 24.0 Å². The molecule has 0 aromatic heterocycles. The van der Waals surface area contributed by atoms with Gasteiger partial charge in [0.2, 0.25) is 0 Å². The van der Waals surface area contributed by atoms with Crippen LogP contribution in [-0.2, 0) is 11.0 Å². The van der Waals surface area contributed by atoms with Gasteiger partial charge in [-0.1, -0.05) is 24.3 Å². The van der Waals surface area contributed by atoms with Gasteiger partial charge in [-0.2, -0.15) is 13.2 Å². The summed E-state index contributed by atoms with van der Waals surface area (Å²) in [5.41, 5.74) is 3.85. The number of methoxy groups -OCH3 is 1. The molecular formula is C22H22F3N3O2S. The van der Waals surface area contributed by atoms with Crippen molar-refractivity contribution in [1.29, 1.82) is 0 Å². The molecule has 1 fully saturated rings. The minimum atomic E-state index is -4.35. The molecule has 2 aliphatic heterocycles. The summed E-state index contributed by atoms with van der Waals surface area (Å²) in [5.74, 6) is 0.714. The van der Waals surface area contributed by atoms with Gasteiger partial charge in [-0.05, 0) is 48.1 Å². The third-order valence-corrected chi connectivity index (χ3v) is 5.90. The van der Waals surface area contributed by atoms with E-state index in [9.17, 15) is 13.2 Å². The van der Waals surface area contributed by atoms with E-state index in [0.29, 0.717) is 48.1 Å². The zero-order valence-corrected chi connectivity index (χ0v) is 17.6. The number of hydrogen-bond acceptors (Lipinski definition) is 4. The molecule has 0 bridgehead atoms. The van der Waals surface area contributed by atoms with Crippen molar-refractivity contribution >= 4 is 28.7 Å². The summed E-state index contributed by atoms with van der Waals surface area (Å²) in [7, 11) is 1.61. The van der Waals surface area contributed by atoms with Gasteiger partial charge < -0.3 is 15.0 Å². The van der Waals surface area contributed by atoms with E-state index >= 15 is 0 Å². The molecule has 0 amide bonds. The Morgan fingerprint density at radius 2 is 1.81 bits per heavy atom. The van der Waals surface area contributed by atoms with Crippen molar-refractivity contribution in [2.24, 2.45) is 0 Å². The average Bonchev–Trinajstić information content (AvgIpc) is 3.17. The average molecular weight is 449 g/mol. The van der Waals surface area contributed by atoms with Crippen molar-refractivity contribution in [3.63, 3.8) is 0 Å². The molecule has 9 heteroatoms. The Morgan fingerprint density at radius 1 is 1.13 bits per heavy atom. The molecular weight excluding hydrogens is 427 g/mol. The standard InChI is InChI=1S/C22H22F3N3O2S/c1-29-19-5-3-2-4-17(19)26-20(31)28-12-10-21(11-13-28)14-18(27-30-21)15-6-8-16(9-7-15)22(23,24)25/h2-9,14,27H,10-13H2,1H3,(H,26,31). The first-order valence-corrected chi connectivity index (χ1v) is 10.2. The van der Waals surface area contributed by atoms with Crippen LogP contribution in [-0.4, -0.2) is 35.8 Å². The lowest BCUT2D eigenvalue weighted by Crippen LogP contribution is -2.48. The van der Waals surface area contributed by atoms with Crippen LogP contribution >= 0.6 is 12.2 Å². The van der Waals surface area contributed by atoms with E-state index in [-0.39, 0.29) is 0 Å². The van der Waals surface area contributed by atoms with Crippen LogP contribution < -0.4 is 15.5 Å². The highest BCUT2D eigenvalue weighted by Crippen LogP contribution is 2.36. The number of nitrogens with one attached hydrogen (secondary N) is 2. The SMILES string of the molecule is COc1ccccc1NC(=S)N1CCC2(C=C(c3ccc(C(F)(F)F)cc3)NO2)CC1. The van der Waals surface area contributed by atoms with Crippen molar-refractivity contribution in [2.45, 2.75) is 24.6 Å². The zero-order valence-electron chi connectivity index (χ0n) is 16.8. The van der Waals surface area contributed by atoms with Crippen molar-refractivity contribution in [2.75, 3.05) is 25.5 Å². The molecule has 164 valence electrons. The summed E-state index contributed by atoms with van der Waals surface area (Å²) >= 11 is 5.56. The monoisotopic (exact) mass is 449 g/mol. The lowest BCUT2D eigenvalue weighted by Gasteiger charge is -2.38. The third-order valence-electron chi connectivity index (χ3n) is 5.54. The number of anilines is 1. The lowest BCUT2D eigenvalue weighted by molar-refractivity contribution is -0.137. The molecule has 0 atom stereocenters. The van der Waals surface area contributed by atoms with Gasteiger partial charge >= 0.3 is 6.18 Å². The number of halogens is 3. The Bertz CT molecular complexity index is 984. The van der Waals surface area contributed by atoms with Crippen LogP contribution in [0, 0.1) is 0 Å². The number of hydrogen-bond donors (Lipinski definition) is 2. The van der Waals surface area contributed by atoms with Gasteiger partial charge in [0.1, 0.15) is 11.4 Å². The van der Waals surface area contributed by atoms with E-state index in [1.54, 1.807) is 7.11 Å². The quantitative estimate of drug-likeness (QED) is 0.655. The molecule has 2 aromatic rings. The number of ether oxygens (including phenoxy) is 1. The Kier molecular flexibility index (Phi) is 5.81. The second-order valence-electron chi connectivity index (χ2n) is 7.52. The molecule has 0 saturated carbocycles. The predicted molar refractivity (Wildman–Crippen MR) is 116 cm³/mol. The summed E-state index contributed by atoms with van der Waals surface area (Å²) in [6.07, 6.45) is -1.00. The molecule has 4 rings (SSSR count). The number of rotatable bonds is 3. The Hall–Kier alpha value is -2.78. The van der Waals surface area contributed by atoms with Crippen LogP contribution in [0.25, 0.3) is 5.70 Å². The highest BCUT2D eigenvalue weighted by Gasteiger charge is 2.39. The van der Waals surface area contributed by atoms with E-state index in [4.69, 9.17) is 21.8 Å². The van der Waals surface area contributed by atoms with Gasteiger partial charge in [0.25, 0.3) is 0 Å². The highest BCUT2D eigenvalue weighted by molar-refractivity contribution is 7.80. The number of alkyl halides is 3. The van der Waals surface area contributed by atoms with E-state index in [0.717, 1.165) is 17.8 Å². The van der Waals surface area contributed by atoms with Crippen molar-refractivity contribution in [1.82, 2.24) is 10.4 Å². The third kappa shape index (κ3) is 4.62. The summed E-state index contributed by atoms with van der Waals surface area (Å²) in [6.45, 7) is 1.36. The number of benzene rings is 2. The number of para-hydroxylation sites is 2. The number of likely N-dealkylation sites (tertiary alicyclic amines) is 1. The van der Waals surface area contributed by atoms with Gasteiger partial charge in [0.05, 0.1) is 24.1 Å². The molecule has 0 aliphatic carbocycles. The van der Waals surface area contributed by atoms with E-state index in [2.05, 4.69) is 15.7 Å². The van der Waals surface area contributed by atoms with Gasteiger partial charge in [-0.15, -0.1) is 0 Å². The van der Waals surface area contributed by atoms with Crippen molar-refractivity contribution < 1.29 is 22.7 Å². The molecule has 5 nitrogen and oxygen atoms in total. The van der Waals surface area contributed by atoms with Crippen molar-refractivity contribution in [3.05, 3.63) is 65.7 Å². The highest BCUT2D eigenvalue weighted by atomic mass is 32.1. The number of thiocarbonyl (C=S) groups is 1.